The maximum atomic E-state index is 5.90. The zero-order valence-electron chi connectivity index (χ0n) is 12.3. The van der Waals surface area contributed by atoms with Crippen molar-refractivity contribution in [1.29, 1.82) is 0 Å². The Morgan fingerprint density at radius 2 is 1.86 bits per heavy atom. The second-order valence-corrected chi connectivity index (χ2v) is 5.01. The second-order valence-electron chi connectivity index (χ2n) is 5.01. The Bertz CT molecular complexity index is 714. The third kappa shape index (κ3) is 2.93. The lowest BCUT2D eigenvalue weighted by Crippen LogP contribution is -2.14. The fourth-order valence-electron chi connectivity index (χ4n) is 2.45. The van der Waals surface area contributed by atoms with Crippen LogP contribution < -0.4 is 10.1 Å². The van der Waals surface area contributed by atoms with Gasteiger partial charge in [0, 0.05) is 5.39 Å². The van der Waals surface area contributed by atoms with E-state index >= 15 is 0 Å². The summed E-state index contributed by atoms with van der Waals surface area (Å²) in [4.78, 5) is 0. The Morgan fingerprint density at radius 1 is 1.05 bits per heavy atom. The Hall–Kier alpha value is -2.26. The number of para-hydroxylation sites is 1. The summed E-state index contributed by atoms with van der Waals surface area (Å²) in [7, 11) is 1.95. The average Bonchev–Trinajstić information content (AvgIpc) is 2.92. The van der Waals surface area contributed by atoms with Gasteiger partial charge in [0.2, 0.25) is 0 Å². The van der Waals surface area contributed by atoms with Gasteiger partial charge in [0.1, 0.15) is 22.8 Å². The summed E-state index contributed by atoms with van der Waals surface area (Å²) in [5, 5.41) is 4.32. The number of ether oxygens (including phenoxy) is 1. The van der Waals surface area contributed by atoms with Crippen LogP contribution in [0.1, 0.15) is 25.1 Å². The summed E-state index contributed by atoms with van der Waals surface area (Å²) >= 11 is 0. The van der Waals surface area contributed by atoms with E-state index < -0.39 is 0 Å². The number of hydrogen-bond acceptors (Lipinski definition) is 3. The van der Waals surface area contributed by atoms with Crippen molar-refractivity contribution in [1.82, 2.24) is 5.32 Å². The highest BCUT2D eigenvalue weighted by molar-refractivity contribution is 5.79. The van der Waals surface area contributed by atoms with Gasteiger partial charge < -0.3 is 14.5 Å². The van der Waals surface area contributed by atoms with Crippen molar-refractivity contribution >= 4 is 11.0 Å². The summed E-state index contributed by atoms with van der Waals surface area (Å²) < 4.78 is 11.8. The zero-order chi connectivity index (χ0) is 14.7. The largest absolute Gasteiger partial charge is 0.459 e. The van der Waals surface area contributed by atoms with Crippen LogP contribution in [0.3, 0.4) is 0 Å². The molecule has 3 rings (SSSR count). The number of furan rings is 1. The molecule has 0 aliphatic rings. The molecule has 3 heteroatoms. The number of fused-ring (bicyclic) bond motifs is 1. The van der Waals surface area contributed by atoms with Gasteiger partial charge in [0.25, 0.3) is 0 Å². The van der Waals surface area contributed by atoms with Crippen LogP contribution in [0.25, 0.3) is 11.0 Å². The second kappa shape index (κ2) is 6.02. The van der Waals surface area contributed by atoms with E-state index in [9.17, 15) is 0 Å². The van der Waals surface area contributed by atoms with Crippen molar-refractivity contribution in [3.05, 3.63) is 60.4 Å². The van der Waals surface area contributed by atoms with Crippen LogP contribution in [-0.4, -0.2) is 7.05 Å². The molecule has 0 aliphatic heterocycles. The van der Waals surface area contributed by atoms with E-state index in [1.165, 1.54) is 0 Å². The molecule has 108 valence electrons. The first-order valence-electron chi connectivity index (χ1n) is 7.24. The molecule has 1 heterocycles. The van der Waals surface area contributed by atoms with Gasteiger partial charge in [-0.25, -0.2) is 0 Å². The SMILES string of the molecule is CCC(NC)c1cc2cc(Oc3ccccc3)ccc2o1. The van der Waals surface area contributed by atoms with Gasteiger partial charge in [-0.3, -0.25) is 0 Å². The molecule has 3 aromatic rings. The Balaban J connectivity index is 1.89. The minimum absolute atomic E-state index is 0.246. The summed E-state index contributed by atoms with van der Waals surface area (Å²) in [5.41, 5.74) is 0.888. The molecule has 3 nitrogen and oxygen atoms in total. The lowest BCUT2D eigenvalue weighted by molar-refractivity contribution is 0.444. The Morgan fingerprint density at radius 3 is 2.57 bits per heavy atom. The molecule has 0 saturated heterocycles. The predicted octanol–water partition coefficient (Wildman–Crippen LogP) is 4.90. The smallest absolute Gasteiger partial charge is 0.134 e. The van der Waals surface area contributed by atoms with E-state index in [0.717, 1.165) is 34.6 Å². The molecule has 1 N–H and O–H groups in total. The molecule has 1 atom stereocenters. The summed E-state index contributed by atoms with van der Waals surface area (Å²) in [6, 6.07) is 18.0. The highest BCUT2D eigenvalue weighted by Crippen LogP contribution is 2.30. The topological polar surface area (TPSA) is 34.4 Å². The molecule has 0 bridgehead atoms. The van der Waals surface area contributed by atoms with Crippen molar-refractivity contribution in [3.63, 3.8) is 0 Å². The highest BCUT2D eigenvalue weighted by Gasteiger charge is 2.13. The van der Waals surface area contributed by atoms with Crippen molar-refractivity contribution in [2.45, 2.75) is 19.4 Å². The normalized spacial score (nSPS) is 12.5. The van der Waals surface area contributed by atoms with E-state index in [1.807, 2.05) is 55.6 Å². The summed E-state index contributed by atoms with van der Waals surface area (Å²) in [5.74, 6) is 2.62. The van der Waals surface area contributed by atoms with E-state index in [-0.39, 0.29) is 6.04 Å². The van der Waals surface area contributed by atoms with Crippen LogP contribution in [0.15, 0.2) is 59.0 Å². The average molecular weight is 281 g/mol. The fraction of sp³-hybridized carbons (Fsp3) is 0.222. The Labute approximate surface area is 124 Å². The first kappa shape index (κ1) is 13.7. The maximum Gasteiger partial charge on any atom is 0.134 e. The lowest BCUT2D eigenvalue weighted by atomic mass is 10.1. The first-order valence-corrected chi connectivity index (χ1v) is 7.24. The lowest BCUT2D eigenvalue weighted by Gasteiger charge is -2.09. The minimum atomic E-state index is 0.246. The van der Waals surface area contributed by atoms with Crippen molar-refractivity contribution < 1.29 is 9.15 Å². The van der Waals surface area contributed by atoms with Crippen LogP contribution >= 0.6 is 0 Å². The minimum Gasteiger partial charge on any atom is -0.459 e. The number of hydrogen-bond donors (Lipinski definition) is 1. The number of benzene rings is 2. The van der Waals surface area contributed by atoms with Gasteiger partial charge in [0.15, 0.2) is 0 Å². The molecule has 0 spiro atoms. The Kier molecular flexibility index (Phi) is 3.93. The van der Waals surface area contributed by atoms with Gasteiger partial charge in [-0.2, -0.15) is 0 Å². The van der Waals surface area contributed by atoms with Gasteiger partial charge in [0.05, 0.1) is 6.04 Å². The van der Waals surface area contributed by atoms with Gasteiger partial charge in [-0.05, 0) is 49.9 Å². The maximum absolute atomic E-state index is 5.90. The number of nitrogens with one attached hydrogen (secondary N) is 1. The quantitative estimate of drug-likeness (QED) is 0.722. The van der Waals surface area contributed by atoms with Crippen LogP contribution in [0.2, 0.25) is 0 Å². The standard InChI is InChI=1S/C18H19NO2/c1-3-16(19-2)18-12-13-11-15(9-10-17(13)21-18)20-14-7-5-4-6-8-14/h4-12,16,19H,3H2,1-2H3. The van der Waals surface area contributed by atoms with Gasteiger partial charge >= 0.3 is 0 Å². The predicted molar refractivity (Wildman–Crippen MR) is 84.8 cm³/mol. The van der Waals surface area contributed by atoms with Crippen molar-refractivity contribution in [2.75, 3.05) is 7.05 Å². The third-order valence-electron chi connectivity index (χ3n) is 3.59. The molecule has 1 unspecified atom stereocenters. The molecule has 0 aliphatic carbocycles. The zero-order valence-corrected chi connectivity index (χ0v) is 12.3. The van der Waals surface area contributed by atoms with E-state index in [1.54, 1.807) is 0 Å². The van der Waals surface area contributed by atoms with E-state index in [0.29, 0.717) is 0 Å². The van der Waals surface area contributed by atoms with Crippen molar-refractivity contribution in [2.24, 2.45) is 0 Å². The molecule has 0 fully saturated rings. The number of rotatable bonds is 5. The van der Waals surface area contributed by atoms with E-state index in [4.69, 9.17) is 9.15 Å². The third-order valence-corrected chi connectivity index (χ3v) is 3.59. The molecular weight excluding hydrogens is 262 g/mol. The van der Waals surface area contributed by atoms with Crippen LogP contribution in [0.5, 0.6) is 11.5 Å². The van der Waals surface area contributed by atoms with Crippen LogP contribution in [0.4, 0.5) is 0 Å². The molecule has 1 aromatic heterocycles. The summed E-state index contributed by atoms with van der Waals surface area (Å²) in [6.45, 7) is 2.14. The van der Waals surface area contributed by atoms with Crippen LogP contribution in [0, 0.1) is 0 Å². The van der Waals surface area contributed by atoms with Crippen LogP contribution in [-0.2, 0) is 0 Å². The molecule has 21 heavy (non-hydrogen) atoms. The first-order chi connectivity index (χ1) is 10.3. The highest BCUT2D eigenvalue weighted by atomic mass is 16.5. The van der Waals surface area contributed by atoms with E-state index in [2.05, 4.69) is 18.3 Å². The fourth-order valence-corrected chi connectivity index (χ4v) is 2.45. The molecule has 0 amide bonds. The van der Waals surface area contributed by atoms with Gasteiger partial charge in [-0.15, -0.1) is 0 Å². The van der Waals surface area contributed by atoms with Gasteiger partial charge in [-0.1, -0.05) is 25.1 Å². The summed E-state index contributed by atoms with van der Waals surface area (Å²) in [6.07, 6.45) is 0.990. The van der Waals surface area contributed by atoms with Crippen molar-refractivity contribution in [3.8, 4) is 11.5 Å². The molecule has 2 aromatic carbocycles. The molecule has 0 radical (unpaired) electrons. The monoisotopic (exact) mass is 281 g/mol. The molecular formula is C18H19NO2. The molecule has 0 saturated carbocycles.